The van der Waals surface area contributed by atoms with E-state index < -0.39 is 5.97 Å². The van der Waals surface area contributed by atoms with E-state index in [1.807, 2.05) is 40.0 Å². The zero-order valence-corrected chi connectivity index (χ0v) is 21.4. The van der Waals surface area contributed by atoms with Gasteiger partial charge >= 0.3 is 5.97 Å². The smallest absolute Gasteiger partial charge is 0.341 e. The molecule has 0 fully saturated rings. The van der Waals surface area contributed by atoms with Gasteiger partial charge in [0.1, 0.15) is 17.4 Å². The summed E-state index contributed by atoms with van der Waals surface area (Å²) >= 11 is 8.77. The molecule has 11 heteroatoms. The molecule has 1 N–H and O–H groups in total. The third kappa shape index (κ3) is 6.07. The number of amides is 1. The van der Waals surface area contributed by atoms with Crippen LogP contribution in [0, 0.1) is 20.8 Å². The maximum absolute atomic E-state index is 12.6. The molecular formula is C22H25ClN4O4S2. The van der Waals surface area contributed by atoms with Crippen LogP contribution >= 0.6 is 34.7 Å². The monoisotopic (exact) mass is 508 g/mol. The van der Waals surface area contributed by atoms with E-state index in [0.717, 1.165) is 16.0 Å². The maximum Gasteiger partial charge on any atom is 0.341 e. The number of aromatic nitrogens is 3. The number of aryl methyl sites for hydroxylation is 2. The van der Waals surface area contributed by atoms with Crippen LogP contribution < -0.4 is 10.1 Å². The molecule has 176 valence electrons. The first-order chi connectivity index (χ1) is 15.7. The molecular weight excluding hydrogens is 484 g/mol. The van der Waals surface area contributed by atoms with Gasteiger partial charge in [-0.2, -0.15) is 0 Å². The molecule has 0 radical (unpaired) electrons. The summed E-state index contributed by atoms with van der Waals surface area (Å²) < 4.78 is 12.7. The molecule has 0 unspecified atom stereocenters. The van der Waals surface area contributed by atoms with Gasteiger partial charge in [-0.05, 0) is 51.0 Å². The summed E-state index contributed by atoms with van der Waals surface area (Å²) in [6, 6.07) is 5.55. The molecule has 0 saturated carbocycles. The summed E-state index contributed by atoms with van der Waals surface area (Å²) in [5, 5.41) is 12.7. The lowest BCUT2D eigenvalue weighted by Crippen LogP contribution is -2.16. The number of esters is 1. The maximum atomic E-state index is 12.6. The van der Waals surface area contributed by atoms with Crippen molar-refractivity contribution in [2.75, 3.05) is 17.7 Å². The zero-order chi connectivity index (χ0) is 24.1. The Morgan fingerprint density at radius 2 is 2.00 bits per heavy atom. The Balaban J connectivity index is 1.60. The number of nitrogens with zero attached hydrogens (tertiary/aromatic N) is 3. The van der Waals surface area contributed by atoms with Crippen molar-refractivity contribution in [2.45, 2.75) is 39.5 Å². The average molecular weight is 509 g/mol. The summed E-state index contributed by atoms with van der Waals surface area (Å²) in [5.74, 6) is 0.597. The largest absolute Gasteiger partial charge is 0.484 e. The number of hydrogen-bond acceptors (Lipinski definition) is 8. The van der Waals surface area contributed by atoms with E-state index in [-0.39, 0.29) is 24.9 Å². The molecule has 33 heavy (non-hydrogen) atoms. The van der Waals surface area contributed by atoms with Gasteiger partial charge in [0.15, 0.2) is 11.0 Å². The van der Waals surface area contributed by atoms with Gasteiger partial charge in [-0.25, -0.2) is 4.79 Å². The van der Waals surface area contributed by atoms with Crippen molar-refractivity contribution in [3.8, 4) is 5.75 Å². The number of halogens is 1. The molecule has 3 rings (SSSR count). The fraction of sp³-hybridized carbons (Fsp3) is 0.364. The highest BCUT2D eigenvalue weighted by Crippen LogP contribution is 2.33. The van der Waals surface area contributed by atoms with Gasteiger partial charge in [0.05, 0.1) is 22.9 Å². The van der Waals surface area contributed by atoms with Crippen molar-refractivity contribution in [1.29, 1.82) is 0 Å². The number of carbonyl (C=O) groups excluding carboxylic acids is 2. The second-order valence-corrected chi connectivity index (χ2v) is 9.80. The van der Waals surface area contributed by atoms with Crippen LogP contribution in [-0.2, 0) is 23.2 Å². The highest BCUT2D eigenvalue weighted by atomic mass is 35.5. The summed E-state index contributed by atoms with van der Waals surface area (Å²) in [6.45, 7) is 7.91. The van der Waals surface area contributed by atoms with Crippen molar-refractivity contribution in [3.63, 3.8) is 0 Å². The third-order valence-corrected chi connectivity index (χ3v) is 7.27. The predicted molar refractivity (Wildman–Crippen MR) is 131 cm³/mol. The minimum absolute atomic E-state index is 0.106. The lowest BCUT2D eigenvalue weighted by Gasteiger charge is -2.09. The van der Waals surface area contributed by atoms with Gasteiger partial charge in [0.25, 0.3) is 0 Å². The fourth-order valence-electron chi connectivity index (χ4n) is 2.92. The molecule has 0 aliphatic carbocycles. The highest BCUT2D eigenvalue weighted by Gasteiger charge is 2.22. The molecule has 0 bridgehead atoms. The number of rotatable bonds is 9. The molecule has 0 aliphatic heterocycles. The van der Waals surface area contributed by atoms with Crippen LogP contribution in [0.1, 0.15) is 39.1 Å². The fourth-order valence-corrected chi connectivity index (χ4v) is 4.88. The third-order valence-electron chi connectivity index (χ3n) is 4.82. The zero-order valence-electron chi connectivity index (χ0n) is 19.0. The van der Waals surface area contributed by atoms with E-state index in [1.165, 1.54) is 23.1 Å². The number of thioether (sulfide) groups is 1. The molecule has 2 heterocycles. The van der Waals surface area contributed by atoms with E-state index in [9.17, 15) is 9.59 Å². The van der Waals surface area contributed by atoms with E-state index in [2.05, 4.69) is 15.5 Å². The van der Waals surface area contributed by atoms with Gasteiger partial charge in [-0.1, -0.05) is 29.4 Å². The van der Waals surface area contributed by atoms with Crippen LogP contribution in [0.25, 0.3) is 0 Å². The molecule has 2 aromatic heterocycles. The lowest BCUT2D eigenvalue weighted by atomic mass is 10.1. The second kappa shape index (κ2) is 11.0. The number of carbonyl (C=O) groups is 2. The van der Waals surface area contributed by atoms with Gasteiger partial charge < -0.3 is 19.4 Å². The first kappa shape index (κ1) is 25.1. The van der Waals surface area contributed by atoms with Crippen molar-refractivity contribution in [2.24, 2.45) is 7.05 Å². The average Bonchev–Trinajstić information content (AvgIpc) is 3.25. The number of hydrogen-bond donors (Lipinski definition) is 1. The Labute approximate surface area is 205 Å². The molecule has 1 amide bonds. The van der Waals surface area contributed by atoms with Crippen molar-refractivity contribution in [3.05, 3.63) is 50.6 Å². The second-order valence-electron chi connectivity index (χ2n) is 7.23. The number of thiophene rings is 1. The number of benzene rings is 1. The van der Waals surface area contributed by atoms with Crippen LogP contribution in [0.4, 0.5) is 5.00 Å². The first-order valence-corrected chi connectivity index (χ1v) is 12.4. The summed E-state index contributed by atoms with van der Waals surface area (Å²) in [7, 11) is 1.81. The Bertz CT molecular complexity index is 1180. The van der Waals surface area contributed by atoms with Crippen molar-refractivity contribution < 1.29 is 19.1 Å². The summed E-state index contributed by atoms with van der Waals surface area (Å²) in [4.78, 5) is 25.8. The summed E-state index contributed by atoms with van der Waals surface area (Å²) in [6.07, 6.45) is 0. The summed E-state index contributed by atoms with van der Waals surface area (Å²) in [5.41, 5.74) is 2.26. The molecule has 0 spiro atoms. The number of ether oxygens (including phenoxy) is 2. The Morgan fingerprint density at radius 3 is 2.73 bits per heavy atom. The number of anilines is 1. The molecule has 1 aromatic carbocycles. The van der Waals surface area contributed by atoms with E-state index in [1.54, 1.807) is 17.6 Å². The Kier molecular flexibility index (Phi) is 8.39. The van der Waals surface area contributed by atoms with Gasteiger partial charge in [-0.3, -0.25) is 4.79 Å². The van der Waals surface area contributed by atoms with Crippen LogP contribution in [0.5, 0.6) is 5.75 Å². The topological polar surface area (TPSA) is 95.3 Å². The number of nitrogens with one attached hydrogen (secondary N) is 1. The minimum Gasteiger partial charge on any atom is -0.484 e. The SMILES string of the molecule is CCOC(=O)c1c(NC(=O)CSc2nnc(COc3cc(C)ccc3Cl)n2C)sc(C)c1C. The van der Waals surface area contributed by atoms with E-state index in [4.69, 9.17) is 21.1 Å². The molecule has 8 nitrogen and oxygen atoms in total. The molecule has 0 atom stereocenters. The standard InChI is InChI=1S/C22H25ClN4O4S2/c1-6-30-21(29)19-13(3)14(4)33-20(19)24-18(28)11-32-22-26-25-17(27(22)5)10-31-16-9-12(2)7-8-15(16)23/h7-9H,6,10-11H2,1-5H3,(H,24,28). The van der Waals surface area contributed by atoms with Crippen molar-refractivity contribution in [1.82, 2.24) is 14.8 Å². The molecule has 0 aliphatic rings. The van der Waals surface area contributed by atoms with Gasteiger partial charge in [0, 0.05) is 11.9 Å². The van der Waals surface area contributed by atoms with Gasteiger partial charge in [0.2, 0.25) is 5.91 Å². The molecule has 0 saturated heterocycles. The van der Waals surface area contributed by atoms with Crippen LogP contribution in [-0.4, -0.2) is 39.0 Å². The van der Waals surface area contributed by atoms with Gasteiger partial charge in [-0.15, -0.1) is 21.5 Å². The van der Waals surface area contributed by atoms with Crippen LogP contribution in [0.15, 0.2) is 23.4 Å². The quantitative estimate of drug-likeness (QED) is 0.323. The van der Waals surface area contributed by atoms with Crippen LogP contribution in [0.2, 0.25) is 5.02 Å². The van der Waals surface area contributed by atoms with Crippen LogP contribution in [0.3, 0.4) is 0 Å². The Hall–Kier alpha value is -2.56. The van der Waals surface area contributed by atoms with E-state index in [0.29, 0.717) is 32.3 Å². The normalized spacial score (nSPS) is 10.8. The highest BCUT2D eigenvalue weighted by molar-refractivity contribution is 7.99. The Morgan fingerprint density at radius 1 is 1.24 bits per heavy atom. The lowest BCUT2D eigenvalue weighted by molar-refractivity contribution is -0.113. The minimum atomic E-state index is -0.436. The first-order valence-electron chi connectivity index (χ1n) is 10.2. The molecule has 3 aromatic rings. The predicted octanol–water partition coefficient (Wildman–Crippen LogP) is 4.94. The van der Waals surface area contributed by atoms with Crippen molar-refractivity contribution >= 4 is 51.6 Å². The van der Waals surface area contributed by atoms with E-state index >= 15 is 0 Å².